The summed E-state index contributed by atoms with van der Waals surface area (Å²) in [5.41, 5.74) is 2.76. The van der Waals surface area contributed by atoms with E-state index in [2.05, 4.69) is 46.5 Å². The number of ether oxygens (including phenoxy) is 1. The molecule has 184 valence electrons. The zero-order valence-electron chi connectivity index (χ0n) is 20.5. The van der Waals surface area contributed by atoms with Crippen molar-refractivity contribution in [3.63, 3.8) is 0 Å². The lowest BCUT2D eigenvalue weighted by Gasteiger charge is -2.31. The highest BCUT2D eigenvalue weighted by Crippen LogP contribution is 2.19. The Morgan fingerprint density at radius 2 is 1.88 bits per heavy atom. The van der Waals surface area contributed by atoms with Gasteiger partial charge in [-0.1, -0.05) is 6.07 Å². The molecule has 0 unspecified atom stereocenters. The number of hydrogen-bond acceptors (Lipinski definition) is 4. The number of rotatable bonds is 6. The van der Waals surface area contributed by atoms with E-state index in [4.69, 9.17) is 14.7 Å². The van der Waals surface area contributed by atoms with Crippen LogP contribution in [0.2, 0.25) is 0 Å². The smallest absolute Gasteiger partial charge is 0.407 e. The fourth-order valence-corrected chi connectivity index (χ4v) is 3.98. The number of nitrogens with zero attached hydrogens (tertiary/aromatic N) is 3. The first-order valence-electron chi connectivity index (χ1n) is 11.7. The summed E-state index contributed by atoms with van der Waals surface area (Å²) < 4.78 is 7.44. The van der Waals surface area contributed by atoms with Crippen LogP contribution in [0.15, 0.2) is 29.5 Å². The number of carbonyl (C=O) groups excluding carboxylic acids is 1. The maximum atomic E-state index is 12.0. The third kappa shape index (κ3) is 8.68. The highest BCUT2D eigenvalue weighted by molar-refractivity contribution is 14.0. The normalized spacial score (nSPS) is 19.0. The van der Waals surface area contributed by atoms with E-state index in [1.54, 1.807) is 0 Å². The lowest BCUT2D eigenvalue weighted by atomic mass is 9.91. The first kappa shape index (κ1) is 27.2. The van der Waals surface area contributed by atoms with Gasteiger partial charge in [0.15, 0.2) is 5.96 Å². The summed E-state index contributed by atoms with van der Waals surface area (Å²) in [5.74, 6) is 0.844. The van der Waals surface area contributed by atoms with Crippen molar-refractivity contribution in [1.29, 1.82) is 0 Å². The number of guanidine groups is 1. The predicted molar refractivity (Wildman–Crippen MR) is 144 cm³/mol. The number of imidazole rings is 1. The van der Waals surface area contributed by atoms with Crippen LogP contribution in [0.4, 0.5) is 4.79 Å². The molecule has 8 nitrogen and oxygen atoms in total. The van der Waals surface area contributed by atoms with Crippen LogP contribution >= 0.6 is 24.0 Å². The van der Waals surface area contributed by atoms with Crippen LogP contribution < -0.4 is 16.0 Å². The monoisotopic (exact) mass is 570 g/mol. The van der Waals surface area contributed by atoms with E-state index in [-0.39, 0.29) is 36.1 Å². The van der Waals surface area contributed by atoms with Crippen molar-refractivity contribution in [3.05, 3.63) is 35.8 Å². The van der Waals surface area contributed by atoms with Gasteiger partial charge in [0.05, 0.1) is 5.69 Å². The molecule has 0 atom stereocenters. The van der Waals surface area contributed by atoms with Gasteiger partial charge >= 0.3 is 6.09 Å². The molecule has 0 aliphatic heterocycles. The Morgan fingerprint density at radius 1 is 1.21 bits per heavy atom. The van der Waals surface area contributed by atoms with Crippen LogP contribution in [0, 0.1) is 6.92 Å². The van der Waals surface area contributed by atoms with Gasteiger partial charge in [-0.25, -0.2) is 9.78 Å². The Morgan fingerprint density at radius 3 is 2.48 bits per heavy atom. The van der Waals surface area contributed by atoms with Crippen LogP contribution in [0.3, 0.4) is 0 Å². The number of nitrogens with one attached hydrogen (secondary N) is 3. The molecule has 1 fully saturated rings. The number of carbonyl (C=O) groups is 1. The molecule has 0 bridgehead atoms. The molecule has 1 amide bonds. The molecule has 3 rings (SSSR count). The maximum absolute atomic E-state index is 12.0. The number of aliphatic imine (C=N–C) groups is 1. The third-order valence-electron chi connectivity index (χ3n) is 5.50. The van der Waals surface area contributed by atoms with Crippen molar-refractivity contribution in [3.8, 4) is 0 Å². The molecular weight excluding hydrogens is 531 g/mol. The lowest BCUT2D eigenvalue weighted by molar-refractivity contribution is 0.0490. The van der Waals surface area contributed by atoms with Gasteiger partial charge in [0.2, 0.25) is 0 Å². The molecule has 33 heavy (non-hydrogen) atoms. The number of amides is 1. The quantitative estimate of drug-likeness (QED) is 0.275. The van der Waals surface area contributed by atoms with E-state index < -0.39 is 5.60 Å². The number of halogens is 1. The summed E-state index contributed by atoms with van der Waals surface area (Å²) in [6, 6.07) is 4.63. The van der Waals surface area contributed by atoms with E-state index in [0.29, 0.717) is 12.6 Å². The van der Waals surface area contributed by atoms with Crippen molar-refractivity contribution in [2.45, 2.75) is 84.4 Å². The van der Waals surface area contributed by atoms with Crippen LogP contribution in [-0.2, 0) is 11.2 Å². The minimum atomic E-state index is -0.470. The molecule has 9 heteroatoms. The molecule has 1 saturated carbocycles. The van der Waals surface area contributed by atoms with E-state index in [1.807, 2.05) is 33.0 Å². The molecule has 0 spiro atoms. The third-order valence-corrected chi connectivity index (χ3v) is 5.50. The second-order valence-electron chi connectivity index (χ2n) is 9.50. The van der Waals surface area contributed by atoms with Crippen molar-refractivity contribution in [2.75, 3.05) is 13.1 Å². The van der Waals surface area contributed by atoms with Crippen LogP contribution in [0.1, 0.15) is 64.6 Å². The van der Waals surface area contributed by atoms with Crippen LogP contribution in [-0.4, -0.2) is 52.2 Å². The van der Waals surface area contributed by atoms with Gasteiger partial charge < -0.3 is 25.1 Å². The largest absolute Gasteiger partial charge is 0.444 e. The Labute approximate surface area is 214 Å². The standard InChI is InChI=1S/C24H38N6O2.HI/c1-6-25-22(26-14-13-20-16-30-15-7-8-17(2)21(30)27-20)28-18-9-11-19(12-10-18)29-23(31)32-24(3,4)5;/h7-8,15-16,18-19H,6,9-14H2,1-5H3,(H,29,31)(H2,25,26,28);1H. The van der Waals surface area contributed by atoms with Gasteiger partial charge in [0.1, 0.15) is 11.2 Å². The summed E-state index contributed by atoms with van der Waals surface area (Å²) in [6.45, 7) is 11.3. The molecular formula is C24H39IN6O2. The molecule has 2 aromatic heterocycles. The summed E-state index contributed by atoms with van der Waals surface area (Å²) in [5, 5.41) is 9.90. The first-order valence-corrected chi connectivity index (χ1v) is 11.7. The molecule has 1 aliphatic carbocycles. The van der Waals surface area contributed by atoms with E-state index in [9.17, 15) is 4.79 Å². The van der Waals surface area contributed by atoms with Gasteiger partial charge in [-0.05, 0) is 71.9 Å². The van der Waals surface area contributed by atoms with Crippen LogP contribution in [0.25, 0.3) is 5.65 Å². The highest BCUT2D eigenvalue weighted by Gasteiger charge is 2.25. The second-order valence-corrected chi connectivity index (χ2v) is 9.50. The lowest BCUT2D eigenvalue weighted by Crippen LogP contribution is -2.48. The Balaban J connectivity index is 0.00000385. The molecule has 0 aromatic carbocycles. The van der Waals surface area contributed by atoms with Gasteiger partial charge in [-0.2, -0.15) is 0 Å². The molecule has 1 aliphatic rings. The number of hydrogen-bond donors (Lipinski definition) is 3. The number of pyridine rings is 1. The average Bonchev–Trinajstić information content (AvgIpc) is 3.12. The fourth-order valence-electron chi connectivity index (χ4n) is 3.98. The van der Waals surface area contributed by atoms with Gasteiger partial charge in [-0.15, -0.1) is 24.0 Å². The van der Waals surface area contributed by atoms with E-state index in [0.717, 1.165) is 55.9 Å². The number of alkyl carbamates (subject to hydrolysis) is 1. The van der Waals surface area contributed by atoms with Crippen molar-refractivity contribution >= 4 is 41.7 Å². The molecule has 3 N–H and O–H groups in total. The van der Waals surface area contributed by atoms with Crippen LogP contribution in [0.5, 0.6) is 0 Å². The Kier molecular flexibility index (Phi) is 10.2. The summed E-state index contributed by atoms with van der Waals surface area (Å²) in [6.07, 6.45) is 8.40. The number of fused-ring (bicyclic) bond motifs is 1. The Hall–Kier alpha value is -2.04. The van der Waals surface area contributed by atoms with Gasteiger partial charge in [0.25, 0.3) is 0 Å². The van der Waals surface area contributed by atoms with E-state index in [1.165, 1.54) is 5.56 Å². The second kappa shape index (κ2) is 12.4. The predicted octanol–water partition coefficient (Wildman–Crippen LogP) is 4.19. The fraction of sp³-hybridized carbons (Fsp3) is 0.625. The average molecular weight is 571 g/mol. The van der Waals surface area contributed by atoms with Crippen molar-refractivity contribution in [1.82, 2.24) is 25.3 Å². The first-order chi connectivity index (χ1) is 15.2. The minimum absolute atomic E-state index is 0. The topological polar surface area (TPSA) is 92.0 Å². The van der Waals surface area contributed by atoms with Gasteiger partial charge in [-0.3, -0.25) is 4.99 Å². The highest BCUT2D eigenvalue weighted by atomic mass is 127. The number of aryl methyl sites for hydroxylation is 1. The summed E-state index contributed by atoms with van der Waals surface area (Å²) in [7, 11) is 0. The molecule has 0 radical (unpaired) electrons. The zero-order valence-corrected chi connectivity index (χ0v) is 22.8. The molecule has 0 saturated heterocycles. The van der Waals surface area contributed by atoms with Crippen molar-refractivity contribution in [2.24, 2.45) is 4.99 Å². The SMILES string of the molecule is CCNC(=NCCc1cn2cccc(C)c2n1)NC1CCC(NC(=O)OC(C)(C)C)CC1.I. The Bertz CT molecular complexity index is 929. The molecule has 2 aromatic rings. The number of aromatic nitrogens is 2. The maximum Gasteiger partial charge on any atom is 0.407 e. The van der Waals surface area contributed by atoms with Crippen molar-refractivity contribution < 1.29 is 9.53 Å². The zero-order chi connectivity index (χ0) is 23.1. The van der Waals surface area contributed by atoms with E-state index >= 15 is 0 Å². The van der Waals surface area contributed by atoms with Gasteiger partial charge in [0, 0.05) is 44.0 Å². The minimum Gasteiger partial charge on any atom is -0.444 e. The molecule has 2 heterocycles. The summed E-state index contributed by atoms with van der Waals surface area (Å²) >= 11 is 0. The summed E-state index contributed by atoms with van der Waals surface area (Å²) in [4.78, 5) is 21.5.